The molecule has 0 aliphatic rings. The third kappa shape index (κ3) is 6.74. The molecule has 0 bridgehead atoms. The van der Waals surface area contributed by atoms with Crippen molar-refractivity contribution in [1.82, 2.24) is 15.5 Å². The van der Waals surface area contributed by atoms with Crippen LogP contribution in [0.15, 0.2) is 102 Å². The van der Waals surface area contributed by atoms with Crippen molar-refractivity contribution in [3.63, 3.8) is 0 Å². The summed E-state index contributed by atoms with van der Waals surface area (Å²) in [6.07, 6.45) is 0.879. The predicted octanol–water partition coefficient (Wildman–Crippen LogP) is 4.89. The average Bonchev–Trinajstić information content (AvgIpc) is 2.83. The first kappa shape index (κ1) is 22.6. The Hall–Kier alpha value is -4.06. The minimum atomic E-state index is -0.175. The fourth-order valence-corrected chi connectivity index (χ4v) is 3.09. The number of aromatic amines is 1. The molecule has 4 N–H and O–H groups in total. The van der Waals surface area contributed by atoms with E-state index in [9.17, 15) is 4.79 Å². The number of hydrogen-bond donors (Lipinski definition) is 4. The van der Waals surface area contributed by atoms with Crippen molar-refractivity contribution in [2.24, 2.45) is 0 Å². The second-order valence-electron chi connectivity index (χ2n) is 7.23. The summed E-state index contributed by atoms with van der Waals surface area (Å²) in [4.78, 5) is 11.8. The lowest BCUT2D eigenvalue weighted by Crippen LogP contribution is -2.22. The predicted molar refractivity (Wildman–Crippen MR) is 134 cm³/mol. The fourth-order valence-electron chi connectivity index (χ4n) is 3.09. The summed E-state index contributed by atoms with van der Waals surface area (Å²) in [6.45, 7) is 7.56. The molecule has 0 radical (unpaired) electrons. The van der Waals surface area contributed by atoms with Crippen LogP contribution < -0.4 is 21.5 Å². The highest BCUT2D eigenvalue weighted by atomic mass is 16.1. The summed E-state index contributed by atoms with van der Waals surface area (Å²) >= 11 is 0. The molecule has 3 aromatic carbocycles. The van der Waals surface area contributed by atoms with Crippen molar-refractivity contribution in [2.75, 3.05) is 23.7 Å². The molecule has 0 aliphatic carbocycles. The first-order valence-electron chi connectivity index (χ1n) is 10.6. The van der Waals surface area contributed by atoms with Crippen molar-refractivity contribution in [3.05, 3.63) is 113 Å². The van der Waals surface area contributed by atoms with Gasteiger partial charge in [0.15, 0.2) is 5.82 Å². The van der Waals surface area contributed by atoms with Gasteiger partial charge < -0.3 is 16.0 Å². The number of rotatable bonds is 8. The number of para-hydroxylation sites is 1. The molecule has 0 amide bonds. The molecular formula is C26H29N5O. The van der Waals surface area contributed by atoms with E-state index in [1.54, 1.807) is 6.07 Å². The molecule has 0 fully saturated rings. The zero-order chi connectivity index (χ0) is 22.6. The van der Waals surface area contributed by atoms with Gasteiger partial charge in [0.2, 0.25) is 0 Å². The van der Waals surface area contributed by atoms with Gasteiger partial charge in [0.05, 0.1) is 11.2 Å². The number of benzene rings is 3. The van der Waals surface area contributed by atoms with Gasteiger partial charge in [-0.2, -0.15) is 5.10 Å². The summed E-state index contributed by atoms with van der Waals surface area (Å²) in [5, 5.41) is 17.9. The SMILES string of the molecule is C=C(NCCCNc1n[nH]c(=O)c2ccccc12)Nc1ccccc1C.c1ccccc1. The molecule has 4 aromatic rings. The van der Waals surface area contributed by atoms with E-state index < -0.39 is 0 Å². The zero-order valence-corrected chi connectivity index (χ0v) is 18.3. The van der Waals surface area contributed by atoms with E-state index in [1.165, 1.54) is 5.56 Å². The number of aryl methyl sites for hydroxylation is 1. The summed E-state index contributed by atoms with van der Waals surface area (Å²) in [5.74, 6) is 1.46. The Balaban J connectivity index is 0.000000416. The number of nitrogens with one attached hydrogen (secondary N) is 4. The Kier molecular flexibility index (Phi) is 8.45. The number of H-pyrrole nitrogens is 1. The highest BCUT2D eigenvalue weighted by molar-refractivity contribution is 5.90. The number of aromatic nitrogens is 2. The molecule has 32 heavy (non-hydrogen) atoms. The van der Waals surface area contributed by atoms with Crippen molar-refractivity contribution >= 4 is 22.3 Å². The third-order valence-corrected chi connectivity index (χ3v) is 4.78. The molecule has 0 saturated heterocycles. The van der Waals surface area contributed by atoms with Crippen molar-refractivity contribution in [3.8, 4) is 0 Å². The minimum absolute atomic E-state index is 0.175. The molecular weight excluding hydrogens is 398 g/mol. The third-order valence-electron chi connectivity index (χ3n) is 4.78. The maximum atomic E-state index is 11.8. The Bertz CT molecular complexity index is 1160. The van der Waals surface area contributed by atoms with Crippen LogP contribution in [0.1, 0.15) is 12.0 Å². The van der Waals surface area contributed by atoms with Crippen LogP contribution in [-0.2, 0) is 0 Å². The van der Waals surface area contributed by atoms with E-state index in [0.717, 1.165) is 36.4 Å². The number of hydrogen-bond acceptors (Lipinski definition) is 5. The van der Waals surface area contributed by atoms with E-state index in [2.05, 4.69) is 45.7 Å². The van der Waals surface area contributed by atoms with Gasteiger partial charge in [0, 0.05) is 24.2 Å². The highest BCUT2D eigenvalue weighted by Gasteiger charge is 2.05. The van der Waals surface area contributed by atoms with Gasteiger partial charge in [0.25, 0.3) is 5.56 Å². The van der Waals surface area contributed by atoms with E-state index in [4.69, 9.17) is 0 Å². The molecule has 0 saturated carbocycles. The maximum Gasteiger partial charge on any atom is 0.272 e. The Morgan fingerprint density at radius 1 is 0.875 bits per heavy atom. The molecule has 4 rings (SSSR count). The first-order valence-corrected chi connectivity index (χ1v) is 10.6. The van der Waals surface area contributed by atoms with Crippen LogP contribution in [0.4, 0.5) is 11.5 Å². The molecule has 0 unspecified atom stereocenters. The normalized spacial score (nSPS) is 10.0. The molecule has 1 heterocycles. The first-order chi connectivity index (χ1) is 15.6. The van der Waals surface area contributed by atoms with Gasteiger partial charge in [-0.05, 0) is 31.0 Å². The summed E-state index contributed by atoms with van der Waals surface area (Å²) in [5.41, 5.74) is 2.05. The smallest absolute Gasteiger partial charge is 0.272 e. The van der Waals surface area contributed by atoms with Gasteiger partial charge in [-0.1, -0.05) is 79.4 Å². The van der Waals surface area contributed by atoms with E-state index in [-0.39, 0.29) is 5.56 Å². The monoisotopic (exact) mass is 427 g/mol. The Morgan fingerprint density at radius 3 is 2.19 bits per heavy atom. The summed E-state index contributed by atoms with van der Waals surface area (Å²) in [7, 11) is 0. The summed E-state index contributed by atoms with van der Waals surface area (Å²) in [6, 6.07) is 27.5. The van der Waals surface area contributed by atoms with Gasteiger partial charge >= 0.3 is 0 Å². The fraction of sp³-hybridized carbons (Fsp3) is 0.154. The largest absolute Gasteiger partial charge is 0.372 e. The van der Waals surface area contributed by atoms with Crippen LogP contribution in [0, 0.1) is 6.92 Å². The second kappa shape index (κ2) is 12.0. The van der Waals surface area contributed by atoms with Gasteiger partial charge in [-0.15, -0.1) is 0 Å². The van der Waals surface area contributed by atoms with Crippen LogP contribution in [0.25, 0.3) is 10.8 Å². The van der Waals surface area contributed by atoms with Crippen LogP contribution in [-0.4, -0.2) is 23.3 Å². The van der Waals surface area contributed by atoms with Crippen molar-refractivity contribution in [2.45, 2.75) is 13.3 Å². The lowest BCUT2D eigenvalue weighted by atomic mass is 10.2. The minimum Gasteiger partial charge on any atom is -0.372 e. The van der Waals surface area contributed by atoms with E-state index in [1.807, 2.05) is 72.8 Å². The average molecular weight is 428 g/mol. The van der Waals surface area contributed by atoms with Crippen molar-refractivity contribution < 1.29 is 0 Å². The molecule has 0 aliphatic heterocycles. The lowest BCUT2D eigenvalue weighted by Gasteiger charge is -2.14. The topological polar surface area (TPSA) is 81.8 Å². The number of anilines is 2. The van der Waals surface area contributed by atoms with Crippen LogP contribution in [0.2, 0.25) is 0 Å². The lowest BCUT2D eigenvalue weighted by molar-refractivity contribution is 0.749. The standard InChI is InChI=1S/C20H23N5O.C6H6/c1-14-8-3-6-11-18(14)23-15(2)21-12-7-13-22-19-16-9-4-5-10-17(16)20(26)25-24-19;1-2-4-6-5-3-1/h3-6,8-11,21,23H,2,7,12-13H2,1H3,(H,22,24)(H,25,26);1-6H. The highest BCUT2D eigenvalue weighted by Crippen LogP contribution is 2.16. The zero-order valence-electron chi connectivity index (χ0n) is 18.3. The number of nitrogens with zero attached hydrogens (tertiary/aromatic N) is 1. The quantitative estimate of drug-likeness (QED) is 0.301. The molecule has 1 aromatic heterocycles. The molecule has 6 heteroatoms. The van der Waals surface area contributed by atoms with E-state index in [0.29, 0.717) is 11.2 Å². The van der Waals surface area contributed by atoms with Crippen molar-refractivity contribution in [1.29, 1.82) is 0 Å². The Morgan fingerprint density at radius 2 is 1.50 bits per heavy atom. The Labute approximate surface area is 188 Å². The van der Waals surface area contributed by atoms with Crippen LogP contribution in [0.5, 0.6) is 0 Å². The molecule has 0 spiro atoms. The molecule has 0 atom stereocenters. The van der Waals surface area contributed by atoms with Crippen LogP contribution >= 0.6 is 0 Å². The van der Waals surface area contributed by atoms with Crippen LogP contribution in [0.3, 0.4) is 0 Å². The summed E-state index contributed by atoms with van der Waals surface area (Å²) < 4.78 is 0. The van der Waals surface area contributed by atoms with Gasteiger partial charge in [-0.25, -0.2) is 5.10 Å². The number of fused-ring (bicyclic) bond motifs is 1. The molecule has 164 valence electrons. The maximum absolute atomic E-state index is 11.8. The van der Waals surface area contributed by atoms with Gasteiger partial charge in [0.1, 0.15) is 0 Å². The molecule has 6 nitrogen and oxygen atoms in total. The van der Waals surface area contributed by atoms with Gasteiger partial charge in [-0.3, -0.25) is 4.79 Å². The van der Waals surface area contributed by atoms with E-state index >= 15 is 0 Å². The second-order valence-corrected chi connectivity index (χ2v) is 7.23.